The molecule has 0 fully saturated rings. The first kappa shape index (κ1) is 20.6. The Hall–Kier alpha value is -2.69. The first-order valence-corrected chi connectivity index (χ1v) is 10.7. The minimum absolute atomic E-state index is 0.324. The molecule has 0 saturated carbocycles. The standard InChI is InChI=1S/C20H19BrFN7S/c1-29(2)8-7-24-18(23)20-28-15-6-5-14-16(17(15)30-20)19(26-10-25-14)27-13-4-3-11(21)9-12(13)22/h3-6,9-10H,7-8H2,1-2H3,(H2,23,24)(H,25,26,27). The summed E-state index contributed by atoms with van der Waals surface area (Å²) in [6.07, 6.45) is 1.45. The lowest BCUT2D eigenvalue weighted by molar-refractivity contribution is 0.420. The van der Waals surface area contributed by atoms with Crippen LogP contribution in [0.2, 0.25) is 0 Å². The van der Waals surface area contributed by atoms with Crippen LogP contribution in [0.25, 0.3) is 21.1 Å². The summed E-state index contributed by atoms with van der Waals surface area (Å²) < 4.78 is 15.9. The van der Waals surface area contributed by atoms with Crippen molar-refractivity contribution >= 4 is 65.7 Å². The van der Waals surface area contributed by atoms with Gasteiger partial charge in [-0.3, -0.25) is 4.99 Å². The summed E-state index contributed by atoms with van der Waals surface area (Å²) in [4.78, 5) is 19.8. The van der Waals surface area contributed by atoms with Gasteiger partial charge in [0.05, 0.1) is 33.4 Å². The zero-order valence-electron chi connectivity index (χ0n) is 16.4. The summed E-state index contributed by atoms with van der Waals surface area (Å²) in [5.74, 6) is 0.521. The first-order valence-electron chi connectivity index (χ1n) is 9.13. The highest BCUT2D eigenvalue weighted by atomic mass is 79.9. The average Bonchev–Trinajstić information content (AvgIpc) is 3.14. The van der Waals surface area contributed by atoms with Gasteiger partial charge in [-0.1, -0.05) is 15.9 Å². The van der Waals surface area contributed by atoms with Crippen LogP contribution in [0.15, 0.2) is 46.1 Å². The van der Waals surface area contributed by atoms with Crippen LogP contribution in [0, 0.1) is 5.82 Å². The van der Waals surface area contributed by atoms with Gasteiger partial charge in [0, 0.05) is 11.0 Å². The fraction of sp³-hybridized carbons (Fsp3) is 0.200. The number of nitrogens with two attached hydrogens (primary N) is 1. The van der Waals surface area contributed by atoms with Crippen molar-refractivity contribution in [3.8, 4) is 0 Å². The third kappa shape index (κ3) is 4.25. The molecule has 3 N–H and O–H groups in total. The number of hydrogen-bond acceptors (Lipinski definition) is 7. The molecule has 30 heavy (non-hydrogen) atoms. The first-order chi connectivity index (χ1) is 14.4. The number of likely N-dealkylation sites (N-methyl/N-ethyl adjacent to an activating group) is 1. The van der Waals surface area contributed by atoms with Gasteiger partial charge in [-0.15, -0.1) is 11.3 Å². The van der Waals surface area contributed by atoms with E-state index in [2.05, 4.69) is 41.2 Å². The number of amidine groups is 1. The smallest absolute Gasteiger partial charge is 0.159 e. The van der Waals surface area contributed by atoms with E-state index in [9.17, 15) is 4.39 Å². The molecule has 0 aliphatic rings. The molecule has 2 heterocycles. The van der Waals surface area contributed by atoms with Crippen LogP contribution in [0.1, 0.15) is 5.01 Å². The molecular formula is C20H19BrFN7S. The van der Waals surface area contributed by atoms with E-state index in [1.165, 1.54) is 23.7 Å². The molecule has 0 amide bonds. The van der Waals surface area contributed by atoms with E-state index in [1.807, 2.05) is 31.1 Å². The van der Waals surface area contributed by atoms with E-state index >= 15 is 0 Å². The molecular weight excluding hydrogens is 469 g/mol. The summed E-state index contributed by atoms with van der Waals surface area (Å²) in [6, 6.07) is 8.57. The predicted octanol–water partition coefficient (Wildman–Crippen LogP) is 4.15. The molecule has 0 aliphatic carbocycles. The maximum Gasteiger partial charge on any atom is 0.159 e. The molecule has 0 atom stereocenters. The van der Waals surface area contributed by atoms with Crippen LogP contribution in [-0.4, -0.2) is 52.9 Å². The Morgan fingerprint density at radius 1 is 1.23 bits per heavy atom. The van der Waals surface area contributed by atoms with E-state index in [0.717, 1.165) is 27.7 Å². The number of benzene rings is 2. The largest absolute Gasteiger partial charge is 0.381 e. The highest BCUT2D eigenvalue weighted by Gasteiger charge is 2.15. The number of hydrogen-bond donors (Lipinski definition) is 2. The molecule has 0 aliphatic heterocycles. The molecule has 0 radical (unpaired) electrons. The Morgan fingerprint density at radius 2 is 2.03 bits per heavy atom. The highest BCUT2D eigenvalue weighted by Crippen LogP contribution is 2.34. The van der Waals surface area contributed by atoms with E-state index in [1.54, 1.807) is 12.1 Å². The summed E-state index contributed by atoms with van der Waals surface area (Å²) in [5, 5.41) is 4.49. The lowest BCUT2D eigenvalue weighted by Gasteiger charge is -2.10. The molecule has 0 bridgehead atoms. The lowest BCUT2D eigenvalue weighted by Crippen LogP contribution is -2.19. The predicted molar refractivity (Wildman–Crippen MR) is 124 cm³/mol. The van der Waals surface area contributed by atoms with Gasteiger partial charge < -0.3 is 16.0 Å². The summed E-state index contributed by atoms with van der Waals surface area (Å²) >= 11 is 4.69. The van der Waals surface area contributed by atoms with E-state index in [-0.39, 0.29) is 5.82 Å². The van der Waals surface area contributed by atoms with Gasteiger partial charge in [0.25, 0.3) is 0 Å². The SMILES string of the molecule is CN(C)CCN=C(N)c1nc2ccc3ncnc(Nc4ccc(Br)cc4F)c3c2s1. The molecule has 0 spiro atoms. The molecule has 7 nitrogen and oxygen atoms in total. The second kappa shape index (κ2) is 8.58. The quantitative estimate of drug-likeness (QED) is 0.313. The van der Waals surface area contributed by atoms with E-state index in [4.69, 9.17) is 5.73 Å². The van der Waals surface area contributed by atoms with Crippen LogP contribution in [0.4, 0.5) is 15.9 Å². The molecule has 0 saturated heterocycles. The van der Waals surface area contributed by atoms with Crippen molar-refractivity contribution in [2.24, 2.45) is 10.7 Å². The maximum absolute atomic E-state index is 14.4. The average molecular weight is 488 g/mol. The van der Waals surface area contributed by atoms with Crippen LogP contribution in [0.3, 0.4) is 0 Å². The molecule has 4 rings (SSSR count). The number of halogens is 2. The van der Waals surface area contributed by atoms with Gasteiger partial charge in [-0.25, -0.2) is 19.3 Å². The number of aromatic nitrogens is 3. The third-order valence-electron chi connectivity index (χ3n) is 4.39. The minimum Gasteiger partial charge on any atom is -0.381 e. The maximum atomic E-state index is 14.4. The number of aliphatic imine (C=N–C) groups is 1. The van der Waals surface area contributed by atoms with Crippen molar-refractivity contribution in [1.82, 2.24) is 19.9 Å². The number of nitrogens with zero attached hydrogens (tertiary/aromatic N) is 5. The summed E-state index contributed by atoms with van der Waals surface area (Å²) in [6.45, 7) is 1.39. The van der Waals surface area contributed by atoms with Crippen molar-refractivity contribution in [2.45, 2.75) is 0 Å². The Balaban J connectivity index is 1.78. The van der Waals surface area contributed by atoms with Crippen molar-refractivity contribution in [1.29, 1.82) is 0 Å². The molecule has 2 aromatic carbocycles. The zero-order valence-corrected chi connectivity index (χ0v) is 18.8. The summed E-state index contributed by atoms with van der Waals surface area (Å²) in [7, 11) is 3.97. The molecule has 2 aromatic heterocycles. The van der Waals surface area contributed by atoms with E-state index in [0.29, 0.717) is 33.4 Å². The Morgan fingerprint density at radius 3 is 2.80 bits per heavy atom. The highest BCUT2D eigenvalue weighted by molar-refractivity contribution is 9.10. The minimum atomic E-state index is -0.384. The number of nitrogens with one attached hydrogen (secondary N) is 1. The van der Waals surface area contributed by atoms with Gasteiger partial charge in [0.15, 0.2) is 10.8 Å². The lowest BCUT2D eigenvalue weighted by atomic mass is 10.2. The topological polar surface area (TPSA) is 92.3 Å². The van der Waals surface area contributed by atoms with Crippen LogP contribution in [0.5, 0.6) is 0 Å². The van der Waals surface area contributed by atoms with Crippen LogP contribution in [-0.2, 0) is 0 Å². The normalized spacial score (nSPS) is 12.2. The molecule has 10 heteroatoms. The number of rotatable bonds is 6. The molecule has 4 aromatic rings. The fourth-order valence-electron chi connectivity index (χ4n) is 2.89. The second-order valence-corrected chi connectivity index (χ2v) is 8.78. The molecule has 0 unspecified atom stereocenters. The van der Waals surface area contributed by atoms with Gasteiger partial charge in [0.1, 0.15) is 18.0 Å². The van der Waals surface area contributed by atoms with Gasteiger partial charge in [0.2, 0.25) is 0 Å². The number of anilines is 2. The van der Waals surface area contributed by atoms with Crippen molar-refractivity contribution in [3.63, 3.8) is 0 Å². The number of thiazole rings is 1. The fourth-order valence-corrected chi connectivity index (χ4v) is 4.25. The van der Waals surface area contributed by atoms with Gasteiger partial charge in [-0.2, -0.15) is 0 Å². The van der Waals surface area contributed by atoms with Gasteiger partial charge in [-0.05, 0) is 44.4 Å². The van der Waals surface area contributed by atoms with Gasteiger partial charge >= 0.3 is 0 Å². The Kier molecular flexibility index (Phi) is 5.89. The van der Waals surface area contributed by atoms with Crippen LogP contribution < -0.4 is 11.1 Å². The number of fused-ring (bicyclic) bond motifs is 3. The Labute approximate surface area is 185 Å². The third-order valence-corrected chi connectivity index (χ3v) is 5.99. The van der Waals surface area contributed by atoms with Crippen LogP contribution >= 0.6 is 27.3 Å². The van der Waals surface area contributed by atoms with E-state index < -0.39 is 0 Å². The second-order valence-electron chi connectivity index (χ2n) is 6.87. The molecule has 154 valence electrons. The van der Waals surface area contributed by atoms with Crippen molar-refractivity contribution in [2.75, 3.05) is 32.5 Å². The monoisotopic (exact) mass is 487 g/mol. The Bertz CT molecular complexity index is 1250. The van der Waals surface area contributed by atoms with Crippen molar-refractivity contribution in [3.05, 3.63) is 52.0 Å². The summed E-state index contributed by atoms with van der Waals surface area (Å²) in [5.41, 5.74) is 7.99. The zero-order chi connectivity index (χ0) is 21.3. The van der Waals surface area contributed by atoms with Crippen molar-refractivity contribution < 1.29 is 4.39 Å².